The van der Waals surface area contributed by atoms with E-state index in [0.717, 1.165) is 26.0 Å². The summed E-state index contributed by atoms with van der Waals surface area (Å²) in [6.07, 6.45) is 0. The van der Waals surface area contributed by atoms with Crippen LogP contribution in [0.25, 0.3) is 5.69 Å². The van der Waals surface area contributed by atoms with E-state index in [1.165, 1.54) is 0 Å². The van der Waals surface area contributed by atoms with E-state index in [1.54, 1.807) is 4.68 Å². The third kappa shape index (κ3) is 2.40. The molecule has 0 saturated heterocycles. The molecule has 2 rings (SSSR count). The quantitative estimate of drug-likeness (QED) is 0.359. The van der Waals surface area contributed by atoms with E-state index in [2.05, 4.69) is 42.1 Å². The van der Waals surface area contributed by atoms with Crippen molar-refractivity contribution in [1.29, 1.82) is 0 Å². The first kappa shape index (κ1) is 14.1. The van der Waals surface area contributed by atoms with E-state index in [-0.39, 0.29) is 5.84 Å². The number of hydrogen-bond acceptors (Lipinski definition) is 3. The molecule has 0 saturated carbocycles. The van der Waals surface area contributed by atoms with Crippen LogP contribution in [0.5, 0.6) is 0 Å². The maximum Gasteiger partial charge on any atom is 0.173 e. The SMILES string of the molecule is Cc1nn(-c2cccc(Br)c2/C(N)=N/O)c(C)c1Br. The van der Waals surface area contributed by atoms with E-state index < -0.39 is 0 Å². The average Bonchev–Trinajstić information content (AvgIpc) is 2.65. The summed E-state index contributed by atoms with van der Waals surface area (Å²) >= 11 is 6.90. The fourth-order valence-corrected chi connectivity index (χ4v) is 2.66. The molecule has 5 nitrogen and oxygen atoms in total. The van der Waals surface area contributed by atoms with E-state index in [4.69, 9.17) is 10.9 Å². The van der Waals surface area contributed by atoms with Gasteiger partial charge in [0.25, 0.3) is 0 Å². The molecule has 0 radical (unpaired) electrons. The van der Waals surface area contributed by atoms with Crippen molar-refractivity contribution in [3.63, 3.8) is 0 Å². The van der Waals surface area contributed by atoms with Crippen LogP contribution in [-0.4, -0.2) is 20.8 Å². The molecule has 0 aliphatic rings. The maximum absolute atomic E-state index is 8.92. The van der Waals surface area contributed by atoms with Crippen molar-refractivity contribution in [2.75, 3.05) is 0 Å². The molecular formula is C12H12Br2N4O. The van der Waals surface area contributed by atoms with Gasteiger partial charge in [-0.15, -0.1) is 0 Å². The molecule has 1 aromatic carbocycles. The molecule has 2 aromatic rings. The number of hydrogen-bond donors (Lipinski definition) is 2. The van der Waals surface area contributed by atoms with Crippen LogP contribution in [-0.2, 0) is 0 Å². The Morgan fingerprint density at radius 3 is 2.58 bits per heavy atom. The molecule has 0 fully saturated rings. The number of benzene rings is 1. The second kappa shape index (κ2) is 5.34. The predicted molar refractivity (Wildman–Crippen MR) is 80.9 cm³/mol. The molecule has 0 aliphatic carbocycles. The minimum Gasteiger partial charge on any atom is -0.409 e. The summed E-state index contributed by atoms with van der Waals surface area (Å²) in [5.74, 6) is 0.0335. The van der Waals surface area contributed by atoms with E-state index in [0.29, 0.717) is 5.56 Å². The summed E-state index contributed by atoms with van der Waals surface area (Å²) in [7, 11) is 0. The van der Waals surface area contributed by atoms with Crippen molar-refractivity contribution >= 4 is 37.7 Å². The standard InChI is InChI=1S/C12H12Br2N4O/c1-6-11(14)7(2)18(16-6)9-5-3-4-8(13)10(9)12(15)17-19/h3-5,19H,1-2H3,(H2,15,17). The minimum absolute atomic E-state index is 0.0335. The zero-order chi connectivity index (χ0) is 14.2. The van der Waals surface area contributed by atoms with Crippen LogP contribution >= 0.6 is 31.9 Å². The van der Waals surface area contributed by atoms with Gasteiger partial charge >= 0.3 is 0 Å². The molecule has 0 aliphatic heterocycles. The summed E-state index contributed by atoms with van der Waals surface area (Å²) < 4.78 is 3.44. The first-order valence-electron chi connectivity index (χ1n) is 5.46. The Hall–Kier alpha value is -1.34. The Morgan fingerprint density at radius 1 is 1.37 bits per heavy atom. The molecule has 7 heteroatoms. The third-order valence-electron chi connectivity index (χ3n) is 2.79. The number of nitrogens with zero attached hydrogens (tertiary/aromatic N) is 3. The molecule has 0 amide bonds. The van der Waals surface area contributed by atoms with E-state index in [9.17, 15) is 0 Å². The number of oxime groups is 1. The Kier molecular flexibility index (Phi) is 3.96. The summed E-state index contributed by atoms with van der Waals surface area (Å²) in [5, 5.41) is 16.4. The van der Waals surface area contributed by atoms with Gasteiger partial charge in [-0.05, 0) is 57.8 Å². The van der Waals surface area contributed by atoms with E-state index >= 15 is 0 Å². The Labute approximate surface area is 127 Å². The lowest BCUT2D eigenvalue weighted by molar-refractivity contribution is 0.318. The first-order valence-corrected chi connectivity index (χ1v) is 7.04. The van der Waals surface area contributed by atoms with Crippen molar-refractivity contribution in [2.45, 2.75) is 13.8 Å². The van der Waals surface area contributed by atoms with Crippen molar-refractivity contribution in [2.24, 2.45) is 10.9 Å². The van der Waals surface area contributed by atoms with Gasteiger partial charge < -0.3 is 10.9 Å². The molecule has 100 valence electrons. The highest BCUT2D eigenvalue weighted by atomic mass is 79.9. The number of aromatic nitrogens is 2. The number of halogens is 2. The number of nitrogens with two attached hydrogens (primary N) is 1. The summed E-state index contributed by atoms with van der Waals surface area (Å²) in [5.41, 5.74) is 8.92. The topological polar surface area (TPSA) is 76.4 Å². The predicted octanol–water partition coefficient (Wildman–Crippen LogP) is 3.11. The Bertz CT molecular complexity index is 664. The molecule has 1 heterocycles. The summed E-state index contributed by atoms with van der Waals surface area (Å²) in [6.45, 7) is 3.86. The van der Waals surface area contributed by atoms with Crippen molar-refractivity contribution in [3.05, 3.63) is 44.1 Å². The largest absolute Gasteiger partial charge is 0.409 e. The number of aryl methyl sites for hydroxylation is 1. The summed E-state index contributed by atoms with van der Waals surface area (Å²) in [6, 6.07) is 5.57. The second-order valence-electron chi connectivity index (χ2n) is 4.02. The fourth-order valence-electron chi connectivity index (χ4n) is 1.85. The van der Waals surface area contributed by atoms with Crippen LogP contribution in [0, 0.1) is 13.8 Å². The van der Waals surface area contributed by atoms with Gasteiger partial charge in [0.1, 0.15) is 0 Å². The molecule has 3 N–H and O–H groups in total. The lowest BCUT2D eigenvalue weighted by atomic mass is 10.1. The normalized spacial score (nSPS) is 11.9. The monoisotopic (exact) mass is 386 g/mol. The van der Waals surface area contributed by atoms with Crippen LogP contribution in [0.3, 0.4) is 0 Å². The van der Waals surface area contributed by atoms with Crippen LogP contribution in [0.4, 0.5) is 0 Å². The highest BCUT2D eigenvalue weighted by Gasteiger charge is 2.17. The first-order chi connectivity index (χ1) is 8.97. The summed E-state index contributed by atoms with van der Waals surface area (Å²) in [4.78, 5) is 0. The van der Waals surface area contributed by atoms with Gasteiger partial charge in [-0.3, -0.25) is 0 Å². The lowest BCUT2D eigenvalue weighted by Gasteiger charge is -2.11. The third-order valence-corrected chi connectivity index (χ3v) is 4.60. The Morgan fingerprint density at radius 2 is 2.05 bits per heavy atom. The molecule has 0 spiro atoms. The van der Waals surface area contributed by atoms with Crippen molar-refractivity contribution in [3.8, 4) is 5.69 Å². The average molecular weight is 388 g/mol. The molecule has 0 atom stereocenters. The Balaban J connectivity index is 2.76. The molecule has 19 heavy (non-hydrogen) atoms. The van der Waals surface area contributed by atoms with Gasteiger partial charge in [0.05, 0.1) is 27.1 Å². The van der Waals surface area contributed by atoms with Gasteiger partial charge in [-0.2, -0.15) is 5.10 Å². The van der Waals surface area contributed by atoms with Gasteiger partial charge in [0.2, 0.25) is 0 Å². The molecule has 0 unspecified atom stereocenters. The second-order valence-corrected chi connectivity index (χ2v) is 5.66. The fraction of sp³-hybridized carbons (Fsp3) is 0.167. The highest BCUT2D eigenvalue weighted by Crippen LogP contribution is 2.28. The molecular weight excluding hydrogens is 376 g/mol. The van der Waals surface area contributed by atoms with E-state index in [1.807, 2.05) is 32.0 Å². The van der Waals surface area contributed by atoms with Gasteiger partial charge in [-0.25, -0.2) is 4.68 Å². The zero-order valence-electron chi connectivity index (χ0n) is 10.4. The zero-order valence-corrected chi connectivity index (χ0v) is 13.5. The lowest BCUT2D eigenvalue weighted by Crippen LogP contribution is -2.18. The van der Waals surface area contributed by atoms with Crippen LogP contribution in [0.1, 0.15) is 17.0 Å². The highest BCUT2D eigenvalue weighted by molar-refractivity contribution is 9.10. The number of amidine groups is 1. The molecule has 1 aromatic heterocycles. The maximum atomic E-state index is 8.92. The van der Waals surface area contributed by atoms with Crippen LogP contribution in [0.15, 0.2) is 32.3 Å². The van der Waals surface area contributed by atoms with Gasteiger partial charge in [-0.1, -0.05) is 11.2 Å². The van der Waals surface area contributed by atoms with Crippen LogP contribution < -0.4 is 5.73 Å². The van der Waals surface area contributed by atoms with Gasteiger partial charge in [0.15, 0.2) is 5.84 Å². The van der Waals surface area contributed by atoms with Crippen LogP contribution in [0.2, 0.25) is 0 Å². The molecule has 0 bridgehead atoms. The van der Waals surface area contributed by atoms with Gasteiger partial charge in [0, 0.05) is 4.47 Å². The smallest absolute Gasteiger partial charge is 0.173 e. The minimum atomic E-state index is 0.0335. The van der Waals surface area contributed by atoms with Crippen molar-refractivity contribution < 1.29 is 5.21 Å². The van der Waals surface area contributed by atoms with Crippen molar-refractivity contribution in [1.82, 2.24) is 9.78 Å². The number of rotatable bonds is 2.